The number of ether oxygens (including phenoxy) is 1. The Morgan fingerprint density at radius 1 is 1.09 bits per heavy atom. The predicted octanol–water partition coefficient (Wildman–Crippen LogP) is 2.85. The summed E-state index contributed by atoms with van der Waals surface area (Å²) in [6.45, 7) is 2.64. The summed E-state index contributed by atoms with van der Waals surface area (Å²) in [7, 11) is 0. The molecule has 2 amide bonds. The number of nitrogens with zero attached hydrogens (tertiary/aromatic N) is 3. The molecule has 1 atom stereocenters. The van der Waals surface area contributed by atoms with Gasteiger partial charge in [0.05, 0.1) is 25.0 Å². The van der Waals surface area contributed by atoms with E-state index in [-0.39, 0.29) is 30.5 Å². The molecular formula is C25H24N4O5. The summed E-state index contributed by atoms with van der Waals surface area (Å²) in [5, 5.41) is 16.0. The smallest absolute Gasteiger partial charge is 0.407 e. The molecule has 1 aliphatic carbocycles. The molecule has 0 unspecified atom stereocenters. The molecular weight excluding hydrogens is 436 g/mol. The fourth-order valence-corrected chi connectivity index (χ4v) is 4.76. The normalized spacial score (nSPS) is 15.1. The standard InChI is InChI=1S/C25H24N4O5/c1-15(23(30)28-10-11-29-22(13-28)20(12-26-29)24(31)32)27-25(33)34-14-21-18-8-4-2-6-16(18)17-7-3-5-9-19(17)21/h2-9,12,15,21H,10-11,13-14H2,1H3,(H,27,33)(H,31,32)/t15-/m1/s1. The topological polar surface area (TPSA) is 114 Å². The highest BCUT2D eigenvalue weighted by Gasteiger charge is 2.31. The van der Waals surface area contributed by atoms with E-state index in [1.807, 2.05) is 36.4 Å². The van der Waals surface area contributed by atoms with Gasteiger partial charge < -0.3 is 20.1 Å². The van der Waals surface area contributed by atoms with Crippen LogP contribution in [0.25, 0.3) is 11.1 Å². The van der Waals surface area contributed by atoms with E-state index in [1.165, 1.54) is 11.1 Å². The van der Waals surface area contributed by atoms with E-state index in [0.717, 1.165) is 22.3 Å². The van der Waals surface area contributed by atoms with Gasteiger partial charge in [-0.25, -0.2) is 9.59 Å². The Labute approximate surface area is 195 Å². The molecule has 0 fully saturated rings. The zero-order valence-corrected chi connectivity index (χ0v) is 18.6. The van der Waals surface area contributed by atoms with E-state index in [9.17, 15) is 19.5 Å². The lowest BCUT2D eigenvalue weighted by molar-refractivity contribution is -0.134. The third-order valence-corrected chi connectivity index (χ3v) is 6.46. The van der Waals surface area contributed by atoms with Crippen LogP contribution in [-0.4, -0.2) is 57.0 Å². The average Bonchev–Trinajstić information content (AvgIpc) is 3.41. The van der Waals surface area contributed by atoms with Gasteiger partial charge in [-0.05, 0) is 29.2 Å². The summed E-state index contributed by atoms with van der Waals surface area (Å²) < 4.78 is 7.12. The van der Waals surface area contributed by atoms with Gasteiger partial charge in [-0.3, -0.25) is 9.48 Å². The van der Waals surface area contributed by atoms with Crippen LogP contribution in [0.2, 0.25) is 0 Å². The number of carboxylic acid groups (broad SMARTS) is 1. The van der Waals surface area contributed by atoms with Crippen molar-refractivity contribution in [3.8, 4) is 11.1 Å². The number of nitrogens with one attached hydrogen (secondary N) is 1. The van der Waals surface area contributed by atoms with E-state index in [1.54, 1.807) is 11.6 Å². The molecule has 2 N–H and O–H groups in total. The van der Waals surface area contributed by atoms with Crippen LogP contribution in [0.1, 0.15) is 40.0 Å². The number of benzene rings is 2. The van der Waals surface area contributed by atoms with Crippen molar-refractivity contribution in [2.45, 2.75) is 32.0 Å². The molecule has 0 bridgehead atoms. The van der Waals surface area contributed by atoms with Gasteiger partial charge in [-0.2, -0.15) is 5.10 Å². The number of hydrogen-bond acceptors (Lipinski definition) is 5. The van der Waals surface area contributed by atoms with Crippen LogP contribution >= 0.6 is 0 Å². The van der Waals surface area contributed by atoms with Crippen LogP contribution in [0.15, 0.2) is 54.7 Å². The Bertz CT molecular complexity index is 1240. The van der Waals surface area contributed by atoms with E-state index in [0.29, 0.717) is 18.8 Å². The van der Waals surface area contributed by atoms with Crippen LogP contribution in [0.5, 0.6) is 0 Å². The maximum absolute atomic E-state index is 12.9. The summed E-state index contributed by atoms with van der Waals surface area (Å²) >= 11 is 0. The van der Waals surface area contributed by atoms with Crippen LogP contribution < -0.4 is 5.32 Å². The number of carboxylic acids is 1. The Kier molecular flexibility index (Phi) is 5.53. The zero-order valence-electron chi connectivity index (χ0n) is 18.6. The number of hydrogen-bond donors (Lipinski definition) is 2. The SMILES string of the molecule is C[C@@H](NC(=O)OCC1c2ccccc2-c2ccccc21)C(=O)N1CCn2ncc(C(=O)O)c2C1. The molecule has 5 rings (SSSR count). The lowest BCUT2D eigenvalue weighted by Gasteiger charge is -2.30. The molecule has 1 aromatic heterocycles. The zero-order chi connectivity index (χ0) is 23.8. The second kappa shape index (κ2) is 8.66. The van der Waals surface area contributed by atoms with Gasteiger partial charge in [0.15, 0.2) is 0 Å². The van der Waals surface area contributed by atoms with Crippen molar-refractivity contribution in [3.05, 3.63) is 77.1 Å². The van der Waals surface area contributed by atoms with E-state index < -0.39 is 18.1 Å². The summed E-state index contributed by atoms with van der Waals surface area (Å²) in [6, 6.07) is 15.3. The van der Waals surface area contributed by atoms with Gasteiger partial charge in [0, 0.05) is 12.5 Å². The highest BCUT2D eigenvalue weighted by atomic mass is 16.5. The number of amides is 2. The highest BCUT2D eigenvalue weighted by molar-refractivity contribution is 5.89. The molecule has 0 saturated carbocycles. The van der Waals surface area contributed by atoms with Crippen LogP contribution in [0.3, 0.4) is 0 Å². The van der Waals surface area contributed by atoms with E-state index in [2.05, 4.69) is 22.5 Å². The van der Waals surface area contributed by atoms with Crippen molar-refractivity contribution in [1.82, 2.24) is 20.0 Å². The summed E-state index contributed by atoms with van der Waals surface area (Å²) in [4.78, 5) is 38.4. The number of rotatable bonds is 5. The lowest BCUT2D eigenvalue weighted by Crippen LogP contribution is -2.49. The van der Waals surface area contributed by atoms with Gasteiger partial charge in [0.2, 0.25) is 5.91 Å². The fourth-order valence-electron chi connectivity index (χ4n) is 4.76. The number of aromatic nitrogens is 2. The van der Waals surface area contributed by atoms with Gasteiger partial charge >= 0.3 is 12.1 Å². The Balaban J connectivity index is 1.21. The first-order valence-electron chi connectivity index (χ1n) is 11.1. The number of carbonyl (C=O) groups is 3. The Morgan fingerprint density at radius 2 is 1.74 bits per heavy atom. The molecule has 0 saturated heterocycles. The molecule has 0 spiro atoms. The molecule has 1 aliphatic heterocycles. The Morgan fingerprint density at radius 3 is 2.38 bits per heavy atom. The quantitative estimate of drug-likeness (QED) is 0.605. The average molecular weight is 460 g/mol. The van der Waals surface area contributed by atoms with Gasteiger partial charge in [0.25, 0.3) is 0 Å². The van der Waals surface area contributed by atoms with Gasteiger partial charge in [-0.1, -0.05) is 48.5 Å². The fraction of sp³-hybridized carbons (Fsp3) is 0.280. The second-order valence-electron chi connectivity index (χ2n) is 8.48. The van der Waals surface area contributed by atoms with Crippen molar-refractivity contribution in [2.24, 2.45) is 0 Å². The first kappa shape index (κ1) is 21.7. The number of alkyl carbamates (subject to hydrolysis) is 1. The minimum absolute atomic E-state index is 0.0685. The highest BCUT2D eigenvalue weighted by Crippen LogP contribution is 2.44. The third kappa shape index (κ3) is 3.79. The summed E-state index contributed by atoms with van der Waals surface area (Å²) in [5.74, 6) is -1.46. The molecule has 174 valence electrons. The molecule has 0 radical (unpaired) electrons. The maximum atomic E-state index is 12.9. The predicted molar refractivity (Wildman–Crippen MR) is 122 cm³/mol. The molecule has 2 heterocycles. The number of aromatic carboxylic acids is 1. The van der Waals surface area contributed by atoms with Crippen LogP contribution in [-0.2, 0) is 22.6 Å². The van der Waals surface area contributed by atoms with Crippen molar-refractivity contribution >= 4 is 18.0 Å². The van der Waals surface area contributed by atoms with Gasteiger partial charge in [-0.15, -0.1) is 0 Å². The summed E-state index contributed by atoms with van der Waals surface area (Å²) in [6.07, 6.45) is 0.625. The second-order valence-corrected chi connectivity index (χ2v) is 8.48. The molecule has 2 aliphatic rings. The summed E-state index contributed by atoms with van der Waals surface area (Å²) in [5.41, 5.74) is 5.05. The van der Waals surface area contributed by atoms with Crippen molar-refractivity contribution in [1.29, 1.82) is 0 Å². The third-order valence-electron chi connectivity index (χ3n) is 6.46. The molecule has 9 heteroatoms. The minimum Gasteiger partial charge on any atom is -0.478 e. The van der Waals surface area contributed by atoms with Crippen LogP contribution in [0.4, 0.5) is 4.79 Å². The Hall–Kier alpha value is -4.14. The maximum Gasteiger partial charge on any atom is 0.407 e. The van der Waals surface area contributed by atoms with Crippen molar-refractivity contribution in [3.63, 3.8) is 0 Å². The first-order valence-corrected chi connectivity index (χ1v) is 11.1. The molecule has 3 aromatic rings. The van der Waals surface area contributed by atoms with E-state index >= 15 is 0 Å². The minimum atomic E-state index is -1.08. The first-order chi connectivity index (χ1) is 16.4. The number of fused-ring (bicyclic) bond motifs is 4. The molecule has 34 heavy (non-hydrogen) atoms. The largest absolute Gasteiger partial charge is 0.478 e. The van der Waals surface area contributed by atoms with Crippen LogP contribution in [0, 0.1) is 0 Å². The monoisotopic (exact) mass is 460 g/mol. The van der Waals surface area contributed by atoms with Crippen molar-refractivity contribution in [2.75, 3.05) is 13.2 Å². The lowest BCUT2D eigenvalue weighted by atomic mass is 9.98. The van der Waals surface area contributed by atoms with Crippen molar-refractivity contribution < 1.29 is 24.2 Å². The molecule has 9 nitrogen and oxygen atoms in total. The van der Waals surface area contributed by atoms with Gasteiger partial charge in [0.1, 0.15) is 18.2 Å². The molecule has 2 aromatic carbocycles. The van der Waals surface area contributed by atoms with E-state index in [4.69, 9.17) is 4.74 Å². The number of carbonyl (C=O) groups excluding carboxylic acids is 2.